The van der Waals surface area contributed by atoms with E-state index in [2.05, 4.69) is 5.32 Å². The largest absolute Gasteiger partial charge is 0.462 e. The Bertz CT molecular complexity index is 331. The number of ether oxygens (including phenoxy) is 2. The number of nitrogens with one attached hydrogen (secondary N) is 1. The van der Waals surface area contributed by atoms with Crippen molar-refractivity contribution in [3.8, 4) is 0 Å². The summed E-state index contributed by atoms with van der Waals surface area (Å²) in [5, 5.41) is 3.35. The molecule has 1 aliphatic heterocycles. The third kappa shape index (κ3) is 3.09. The van der Waals surface area contributed by atoms with Gasteiger partial charge < -0.3 is 19.2 Å². The van der Waals surface area contributed by atoms with E-state index in [0.29, 0.717) is 12.5 Å². The van der Waals surface area contributed by atoms with Crippen molar-refractivity contribution in [1.82, 2.24) is 5.32 Å². The molecule has 1 atom stereocenters. The smallest absolute Gasteiger partial charge is 0.129 e. The molecule has 0 amide bonds. The minimum atomic E-state index is 0.282. The van der Waals surface area contributed by atoms with Crippen LogP contribution in [0, 0.1) is 5.92 Å². The van der Waals surface area contributed by atoms with Crippen molar-refractivity contribution in [3.63, 3.8) is 0 Å². The van der Waals surface area contributed by atoms with Gasteiger partial charge in [-0.1, -0.05) is 0 Å². The summed E-state index contributed by atoms with van der Waals surface area (Å²) in [5.74, 6) is 2.48. The van der Waals surface area contributed by atoms with Crippen molar-refractivity contribution in [3.05, 3.63) is 23.7 Å². The van der Waals surface area contributed by atoms with Gasteiger partial charge in [0.05, 0.1) is 6.04 Å². The average molecular weight is 239 g/mol. The van der Waals surface area contributed by atoms with E-state index in [1.54, 1.807) is 7.11 Å². The fourth-order valence-electron chi connectivity index (χ4n) is 2.44. The van der Waals surface area contributed by atoms with Crippen molar-refractivity contribution in [1.29, 1.82) is 0 Å². The van der Waals surface area contributed by atoms with Crippen LogP contribution in [0.1, 0.15) is 30.4 Å². The van der Waals surface area contributed by atoms with Crippen LogP contribution in [-0.4, -0.2) is 27.4 Å². The Morgan fingerprint density at radius 1 is 1.41 bits per heavy atom. The first-order valence-electron chi connectivity index (χ1n) is 6.17. The van der Waals surface area contributed by atoms with Gasteiger partial charge in [-0.3, -0.25) is 0 Å². The van der Waals surface area contributed by atoms with Gasteiger partial charge in [-0.15, -0.1) is 0 Å². The maximum atomic E-state index is 5.80. The first-order valence-corrected chi connectivity index (χ1v) is 6.17. The lowest BCUT2D eigenvalue weighted by Gasteiger charge is -2.28. The summed E-state index contributed by atoms with van der Waals surface area (Å²) in [5.41, 5.74) is 0. The zero-order valence-electron chi connectivity index (χ0n) is 10.6. The van der Waals surface area contributed by atoms with Gasteiger partial charge in [0.15, 0.2) is 0 Å². The molecular weight excluding hydrogens is 218 g/mol. The van der Waals surface area contributed by atoms with Crippen LogP contribution >= 0.6 is 0 Å². The monoisotopic (exact) mass is 239 g/mol. The lowest BCUT2D eigenvalue weighted by Crippen LogP contribution is -2.29. The van der Waals surface area contributed by atoms with Crippen LogP contribution in [0.3, 0.4) is 0 Å². The molecule has 0 bridgehead atoms. The van der Waals surface area contributed by atoms with Crippen molar-refractivity contribution in [2.75, 3.05) is 27.4 Å². The highest BCUT2D eigenvalue weighted by Gasteiger charge is 2.26. The minimum Gasteiger partial charge on any atom is -0.462 e. The molecular formula is C13H21NO3. The molecule has 4 nitrogen and oxygen atoms in total. The summed E-state index contributed by atoms with van der Waals surface area (Å²) in [6, 6.07) is 4.32. The van der Waals surface area contributed by atoms with E-state index in [0.717, 1.165) is 37.6 Å². The molecule has 0 aromatic carbocycles. The number of furan rings is 1. The van der Waals surface area contributed by atoms with Crippen LogP contribution in [0.25, 0.3) is 0 Å². The summed E-state index contributed by atoms with van der Waals surface area (Å²) in [7, 11) is 3.66. The summed E-state index contributed by atoms with van der Waals surface area (Å²) in [6.07, 6.45) is 2.18. The molecule has 17 heavy (non-hydrogen) atoms. The van der Waals surface area contributed by atoms with Gasteiger partial charge in [0.1, 0.15) is 18.1 Å². The molecule has 0 saturated carbocycles. The van der Waals surface area contributed by atoms with Gasteiger partial charge in [0.2, 0.25) is 0 Å². The Morgan fingerprint density at radius 3 is 2.82 bits per heavy atom. The van der Waals surface area contributed by atoms with Crippen LogP contribution < -0.4 is 5.32 Å². The third-order valence-corrected chi connectivity index (χ3v) is 3.32. The first kappa shape index (κ1) is 12.6. The van der Waals surface area contributed by atoms with E-state index in [-0.39, 0.29) is 6.04 Å². The second-order valence-electron chi connectivity index (χ2n) is 4.45. The minimum absolute atomic E-state index is 0.282. The molecule has 1 aliphatic rings. The second kappa shape index (κ2) is 6.19. The fraction of sp³-hybridized carbons (Fsp3) is 0.692. The fourth-order valence-corrected chi connectivity index (χ4v) is 2.44. The SMILES string of the molecule is CNC(c1ccc(COC)o1)C1CCOCC1. The number of hydrogen-bond acceptors (Lipinski definition) is 4. The molecule has 0 spiro atoms. The molecule has 4 heteroatoms. The lowest BCUT2D eigenvalue weighted by molar-refractivity contribution is 0.0512. The Hall–Kier alpha value is -0.840. The maximum Gasteiger partial charge on any atom is 0.129 e. The Kier molecular flexibility index (Phi) is 4.59. The third-order valence-electron chi connectivity index (χ3n) is 3.32. The summed E-state index contributed by atoms with van der Waals surface area (Å²) < 4.78 is 16.3. The van der Waals surface area contributed by atoms with Gasteiger partial charge in [0.25, 0.3) is 0 Å². The quantitative estimate of drug-likeness (QED) is 0.854. The predicted molar refractivity (Wildman–Crippen MR) is 64.8 cm³/mol. The van der Waals surface area contributed by atoms with Gasteiger partial charge in [-0.05, 0) is 37.9 Å². The lowest BCUT2D eigenvalue weighted by atomic mass is 9.90. The van der Waals surface area contributed by atoms with E-state index < -0.39 is 0 Å². The van der Waals surface area contributed by atoms with Gasteiger partial charge in [0, 0.05) is 20.3 Å². The van der Waals surface area contributed by atoms with Gasteiger partial charge in [-0.2, -0.15) is 0 Å². The summed E-state index contributed by atoms with van der Waals surface area (Å²) in [4.78, 5) is 0. The standard InChI is InChI=1S/C13H21NO3/c1-14-13(10-5-7-16-8-6-10)12-4-3-11(17-12)9-15-2/h3-4,10,13-14H,5-9H2,1-2H3. The van der Waals surface area contributed by atoms with E-state index in [9.17, 15) is 0 Å². The van der Waals surface area contributed by atoms with Crippen LogP contribution in [0.2, 0.25) is 0 Å². The zero-order valence-corrected chi connectivity index (χ0v) is 10.6. The van der Waals surface area contributed by atoms with E-state index in [4.69, 9.17) is 13.9 Å². The van der Waals surface area contributed by atoms with Gasteiger partial charge >= 0.3 is 0 Å². The Balaban J connectivity index is 2.04. The van der Waals surface area contributed by atoms with Crippen LogP contribution in [0.15, 0.2) is 16.5 Å². The number of hydrogen-bond donors (Lipinski definition) is 1. The molecule has 0 aliphatic carbocycles. The number of methoxy groups -OCH3 is 1. The molecule has 1 saturated heterocycles. The van der Waals surface area contributed by atoms with E-state index in [1.807, 2.05) is 19.2 Å². The van der Waals surface area contributed by atoms with Crippen molar-refractivity contribution in [2.45, 2.75) is 25.5 Å². The highest BCUT2D eigenvalue weighted by atomic mass is 16.5. The number of rotatable bonds is 5. The normalized spacial score (nSPS) is 19.4. The molecule has 1 fully saturated rings. The van der Waals surface area contributed by atoms with Crippen molar-refractivity contribution >= 4 is 0 Å². The van der Waals surface area contributed by atoms with Crippen LogP contribution in [0.4, 0.5) is 0 Å². The zero-order chi connectivity index (χ0) is 12.1. The summed E-state index contributed by atoms with van der Waals surface area (Å²) >= 11 is 0. The molecule has 96 valence electrons. The van der Waals surface area contributed by atoms with Crippen LogP contribution in [-0.2, 0) is 16.1 Å². The van der Waals surface area contributed by atoms with Crippen LogP contribution in [0.5, 0.6) is 0 Å². The van der Waals surface area contributed by atoms with E-state index >= 15 is 0 Å². The van der Waals surface area contributed by atoms with Gasteiger partial charge in [-0.25, -0.2) is 0 Å². The molecule has 1 aromatic heterocycles. The second-order valence-corrected chi connectivity index (χ2v) is 4.45. The molecule has 0 radical (unpaired) electrons. The Morgan fingerprint density at radius 2 is 2.18 bits per heavy atom. The highest BCUT2D eigenvalue weighted by molar-refractivity contribution is 5.11. The first-order chi connectivity index (χ1) is 8.35. The van der Waals surface area contributed by atoms with Crippen molar-refractivity contribution < 1.29 is 13.9 Å². The molecule has 1 unspecified atom stereocenters. The predicted octanol–water partition coefficient (Wildman–Crippen LogP) is 2.11. The molecule has 1 N–H and O–H groups in total. The van der Waals surface area contributed by atoms with E-state index in [1.165, 1.54) is 0 Å². The maximum absolute atomic E-state index is 5.80. The molecule has 2 heterocycles. The Labute approximate surface area is 102 Å². The molecule has 1 aromatic rings. The topological polar surface area (TPSA) is 43.6 Å². The summed E-state index contributed by atoms with van der Waals surface area (Å²) in [6.45, 7) is 2.24. The van der Waals surface area contributed by atoms with Crippen molar-refractivity contribution in [2.24, 2.45) is 5.92 Å². The molecule has 2 rings (SSSR count). The average Bonchev–Trinajstić information content (AvgIpc) is 2.81. The highest BCUT2D eigenvalue weighted by Crippen LogP contribution is 2.30.